The third kappa shape index (κ3) is 5.39. The average Bonchev–Trinajstić information content (AvgIpc) is 3.32. The Morgan fingerprint density at radius 1 is 0.906 bits per heavy atom. The second-order valence-corrected chi connectivity index (χ2v) is 7.69. The standard InChI is InChI=1S/C25H25N5O2/c26-22(14-21-15-27-16-28-21)24(31)30-23(12-17-6-2-1-3-7-17)25(32)29-20-11-10-18-8-4-5-9-19(18)13-20/h1-11,13,15-16,22-23H,12,14,26H2,(H,27,28)(H,29,32)(H,30,31)/t22-,23-/m0/s1. The van der Waals surface area contributed by atoms with Gasteiger partial charge in [0.1, 0.15) is 6.04 Å². The molecule has 0 spiro atoms. The van der Waals surface area contributed by atoms with Crippen molar-refractivity contribution in [2.75, 3.05) is 5.32 Å². The molecule has 0 unspecified atom stereocenters. The van der Waals surface area contributed by atoms with Gasteiger partial charge in [0, 0.05) is 30.4 Å². The molecule has 2 atom stereocenters. The summed E-state index contributed by atoms with van der Waals surface area (Å²) in [5.41, 5.74) is 8.44. The average molecular weight is 428 g/mol. The number of aromatic amines is 1. The number of H-pyrrole nitrogens is 1. The van der Waals surface area contributed by atoms with Crippen molar-refractivity contribution in [3.63, 3.8) is 0 Å². The van der Waals surface area contributed by atoms with Gasteiger partial charge in [0.15, 0.2) is 0 Å². The van der Waals surface area contributed by atoms with E-state index in [-0.39, 0.29) is 5.91 Å². The Kier molecular flexibility index (Phi) is 6.57. The first kappa shape index (κ1) is 21.3. The van der Waals surface area contributed by atoms with Crippen LogP contribution in [0.2, 0.25) is 0 Å². The molecule has 162 valence electrons. The lowest BCUT2D eigenvalue weighted by Crippen LogP contribution is -2.51. The van der Waals surface area contributed by atoms with Crippen LogP contribution >= 0.6 is 0 Å². The summed E-state index contributed by atoms with van der Waals surface area (Å²) in [5, 5.41) is 7.87. The van der Waals surface area contributed by atoms with E-state index in [1.807, 2.05) is 72.8 Å². The fourth-order valence-corrected chi connectivity index (χ4v) is 3.56. The number of carbonyl (C=O) groups is 2. The topological polar surface area (TPSA) is 113 Å². The summed E-state index contributed by atoms with van der Waals surface area (Å²) >= 11 is 0. The molecule has 2 amide bonds. The number of carbonyl (C=O) groups excluding carboxylic acids is 2. The number of nitrogens with two attached hydrogens (primary N) is 1. The molecule has 1 heterocycles. The van der Waals surface area contributed by atoms with Gasteiger partial charge in [0.2, 0.25) is 11.8 Å². The first-order valence-electron chi connectivity index (χ1n) is 10.5. The highest BCUT2D eigenvalue weighted by Crippen LogP contribution is 2.19. The number of anilines is 1. The minimum atomic E-state index is -0.804. The molecule has 4 aromatic rings. The largest absolute Gasteiger partial charge is 0.348 e. The van der Waals surface area contributed by atoms with Crippen molar-refractivity contribution in [2.45, 2.75) is 24.9 Å². The Morgan fingerprint density at radius 2 is 1.66 bits per heavy atom. The van der Waals surface area contributed by atoms with Crippen LogP contribution in [0.25, 0.3) is 10.8 Å². The summed E-state index contributed by atoms with van der Waals surface area (Å²) in [6, 6.07) is 21.6. The molecule has 7 heteroatoms. The molecule has 5 N–H and O–H groups in total. The first-order valence-corrected chi connectivity index (χ1v) is 10.5. The number of nitrogens with one attached hydrogen (secondary N) is 3. The summed E-state index contributed by atoms with van der Waals surface area (Å²) < 4.78 is 0. The van der Waals surface area contributed by atoms with E-state index in [1.54, 1.807) is 6.20 Å². The lowest BCUT2D eigenvalue weighted by atomic mass is 10.0. The summed E-state index contributed by atoms with van der Waals surface area (Å²) in [6.07, 6.45) is 3.81. The van der Waals surface area contributed by atoms with E-state index < -0.39 is 18.0 Å². The fourth-order valence-electron chi connectivity index (χ4n) is 3.56. The Balaban J connectivity index is 1.49. The second kappa shape index (κ2) is 9.89. The number of amides is 2. The third-order valence-corrected chi connectivity index (χ3v) is 5.26. The predicted octanol–water partition coefficient (Wildman–Crippen LogP) is 2.80. The molecule has 4 rings (SSSR count). The number of rotatable bonds is 8. The molecular weight excluding hydrogens is 402 g/mol. The number of aromatic nitrogens is 2. The predicted molar refractivity (Wildman–Crippen MR) is 125 cm³/mol. The Labute approximate surface area is 186 Å². The SMILES string of the molecule is N[C@@H](Cc1cnc[nH]1)C(=O)N[C@@H](Cc1ccccc1)C(=O)Nc1ccc2ccccc2c1. The number of nitrogens with zero attached hydrogens (tertiary/aromatic N) is 1. The van der Waals surface area contributed by atoms with E-state index in [0.29, 0.717) is 18.5 Å². The van der Waals surface area contributed by atoms with E-state index in [0.717, 1.165) is 22.0 Å². The van der Waals surface area contributed by atoms with Crippen molar-refractivity contribution in [3.8, 4) is 0 Å². The molecule has 0 fully saturated rings. The van der Waals surface area contributed by atoms with Crippen LogP contribution in [0, 0.1) is 0 Å². The first-order chi connectivity index (χ1) is 15.6. The van der Waals surface area contributed by atoms with Gasteiger partial charge in [0.05, 0.1) is 12.4 Å². The number of fused-ring (bicyclic) bond motifs is 1. The van der Waals surface area contributed by atoms with E-state index in [9.17, 15) is 9.59 Å². The van der Waals surface area contributed by atoms with Crippen LogP contribution in [0.3, 0.4) is 0 Å². The van der Waals surface area contributed by atoms with Crippen LogP contribution in [0.15, 0.2) is 85.3 Å². The van der Waals surface area contributed by atoms with Crippen molar-refractivity contribution >= 4 is 28.3 Å². The lowest BCUT2D eigenvalue weighted by Gasteiger charge is -2.21. The second-order valence-electron chi connectivity index (χ2n) is 7.69. The third-order valence-electron chi connectivity index (χ3n) is 5.26. The fraction of sp³-hybridized carbons (Fsp3) is 0.160. The highest BCUT2D eigenvalue weighted by molar-refractivity contribution is 5.99. The highest BCUT2D eigenvalue weighted by Gasteiger charge is 2.24. The van der Waals surface area contributed by atoms with Crippen molar-refractivity contribution in [2.24, 2.45) is 5.73 Å². The summed E-state index contributed by atoms with van der Waals surface area (Å²) in [4.78, 5) is 32.8. The molecule has 0 bridgehead atoms. The van der Waals surface area contributed by atoms with Gasteiger partial charge in [-0.3, -0.25) is 9.59 Å². The normalized spacial score (nSPS) is 12.8. The zero-order chi connectivity index (χ0) is 22.3. The van der Waals surface area contributed by atoms with Gasteiger partial charge in [-0.25, -0.2) is 4.98 Å². The van der Waals surface area contributed by atoms with Crippen LogP contribution in [-0.2, 0) is 22.4 Å². The van der Waals surface area contributed by atoms with Crippen molar-refractivity contribution in [3.05, 3.63) is 96.6 Å². The quantitative estimate of drug-likeness (QED) is 0.346. The lowest BCUT2D eigenvalue weighted by molar-refractivity contribution is -0.127. The Morgan fingerprint density at radius 3 is 2.41 bits per heavy atom. The van der Waals surface area contributed by atoms with Gasteiger partial charge >= 0.3 is 0 Å². The molecule has 32 heavy (non-hydrogen) atoms. The monoisotopic (exact) mass is 427 g/mol. The van der Waals surface area contributed by atoms with Crippen LogP contribution in [0.5, 0.6) is 0 Å². The summed E-state index contributed by atoms with van der Waals surface area (Å²) in [7, 11) is 0. The van der Waals surface area contributed by atoms with Gasteiger partial charge in [-0.05, 0) is 28.5 Å². The molecule has 0 aliphatic rings. The Hall–Kier alpha value is -3.97. The van der Waals surface area contributed by atoms with Gasteiger partial charge in [0.25, 0.3) is 0 Å². The number of benzene rings is 3. The summed E-state index contributed by atoms with van der Waals surface area (Å²) in [6.45, 7) is 0. The van der Waals surface area contributed by atoms with E-state index in [4.69, 9.17) is 5.73 Å². The van der Waals surface area contributed by atoms with Crippen LogP contribution in [-0.4, -0.2) is 33.9 Å². The van der Waals surface area contributed by atoms with Crippen molar-refractivity contribution < 1.29 is 9.59 Å². The van der Waals surface area contributed by atoms with Gasteiger partial charge in [-0.15, -0.1) is 0 Å². The molecule has 0 aliphatic carbocycles. The molecule has 1 aromatic heterocycles. The molecule has 3 aromatic carbocycles. The summed E-state index contributed by atoms with van der Waals surface area (Å²) in [5.74, 6) is -0.694. The minimum Gasteiger partial charge on any atom is -0.348 e. The van der Waals surface area contributed by atoms with Crippen molar-refractivity contribution in [1.29, 1.82) is 0 Å². The molecular formula is C25H25N5O2. The van der Waals surface area contributed by atoms with Gasteiger partial charge in [-0.1, -0.05) is 60.7 Å². The smallest absolute Gasteiger partial charge is 0.247 e. The highest BCUT2D eigenvalue weighted by atomic mass is 16.2. The number of hydrogen-bond donors (Lipinski definition) is 4. The number of imidazole rings is 1. The van der Waals surface area contributed by atoms with Crippen LogP contribution in [0.1, 0.15) is 11.3 Å². The van der Waals surface area contributed by atoms with Crippen molar-refractivity contribution in [1.82, 2.24) is 15.3 Å². The maximum atomic E-state index is 13.1. The maximum Gasteiger partial charge on any atom is 0.247 e. The molecule has 7 nitrogen and oxygen atoms in total. The molecule has 0 saturated heterocycles. The molecule has 0 aliphatic heterocycles. The molecule has 0 radical (unpaired) electrons. The molecule has 0 saturated carbocycles. The maximum absolute atomic E-state index is 13.1. The van der Waals surface area contributed by atoms with E-state index >= 15 is 0 Å². The van der Waals surface area contributed by atoms with E-state index in [2.05, 4.69) is 20.6 Å². The van der Waals surface area contributed by atoms with Gasteiger partial charge < -0.3 is 21.4 Å². The van der Waals surface area contributed by atoms with E-state index in [1.165, 1.54) is 6.33 Å². The minimum absolute atomic E-state index is 0.300. The van der Waals surface area contributed by atoms with Crippen LogP contribution < -0.4 is 16.4 Å². The Bertz CT molecular complexity index is 1190. The zero-order valence-electron chi connectivity index (χ0n) is 17.5. The zero-order valence-corrected chi connectivity index (χ0v) is 17.5. The van der Waals surface area contributed by atoms with Gasteiger partial charge in [-0.2, -0.15) is 0 Å². The number of hydrogen-bond acceptors (Lipinski definition) is 4. The van der Waals surface area contributed by atoms with Crippen LogP contribution in [0.4, 0.5) is 5.69 Å².